The summed E-state index contributed by atoms with van der Waals surface area (Å²) >= 11 is 0. The zero-order valence-electron chi connectivity index (χ0n) is 11.6. The number of aliphatic hydroxyl groups is 1. The molecule has 0 aliphatic carbocycles. The fraction of sp³-hybridized carbons (Fsp3) is 0.357. The van der Waals surface area contributed by atoms with Crippen LogP contribution in [0.5, 0.6) is 0 Å². The van der Waals surface area contributed by atoms with Gasteiger partial charge < -0.3 is 15.2 Å². The third-order valence-corrected chi connectivity index (χ3v) is 3.12. The Balaban J connectivity index is 2.01. The van der Waals surface area contributed by atoms with Gasteiger partial charge in [0.05, 0.1) is 30.9 Å². The van der Waals surface area contributed by atoms with Gasteiger partial charge in [0.2, 0.25) is 0 Å². The summed E-state index contributed by atoms with van der Waals surface area (Å²) in [4.78, 5) is 36.5. The van der Waals surface area contributed by atoms with E-state index < -0.39 is 5.91 Å². The summed E-state index contributed by atoms with van der Waals surface area (Å²) in [7, 11) is 1.41. The number of imide groups is 1. The van der Waals surface area contributed by atoms with Crippen LogP contribution in [0.4, 0.5) is 0 Å². The molecule has 0 unspecified atom stereocenters. The average molecular weight is 292 g/mol. The predicted octanol–water partition coefficient (Wildman–Crippen LogP) is -0.349. The van der Waals surface area contributed by atoms with Crippen molar-refractivity contribution < 1.29 is 24.2 Å². The highest BCUT2D eigenvalue weighted by molar-refractivity contribution is 6.21. The standard InChI is InChI=1S/C14H16N2O5/c1-16-13(19)10-3-2-9(8-11(10)14(16)20)12(18)15-4-6-21-7-5-17/h2-3,8,17H,4-7H2,1H3,(H,15,18). The molecule has 2 rings (SSSR count). The summed E-state index contributed by atoms with van der Waals surface area (Å²) in [6.45, 7) is 0.736. The molecule has 1 aromatic carbocycles. The number of fused-ring (bicyclic) bond motifs is 1. The van der Waals surface area contributed by atoms with Crippen molar-refractivity contribution in [3.05, 3.63) is 34.9 Å². The topological polar surface area (TPSA) is 95.9 Å². The fourth-order valence-electron chi connectivity index (χ4n) is 2.01. The van der Waals surface area contributed by atoms with E-state index in [2.05, 4.69) is 5.32 Å². The smallest absolute Gasteiger partial charge is 0.261 e. The second-order valence-electron chi connectivity index (χ2n) is 4.52. The summed E-state index contributed by atoms with van der Waals surface area (Å²) in [6.07, 6.45) is 0. The number of hydrogen-bond acceptors (Lipinski definition) is 5. The Morgan fingerprint density at radius 2 is 1.95 bits per heavy atom. The monoisotopic (exact) mass is 292 g/mol. The maximum atomic E-state index is 11.9. The Morgan fingerprint density at radius 3 is 2.67 bits per heavy atom. The van der Waals surface area contributed by atoms with E-state index in [4.69, 9.17) is 9.84 Å². The van der Waals surface area contributed by atoms with Crippen LogP contribution in [0.2, 0.25) is 0 Å². The van der Waals surface area contributed by atoms with Gasteiger partial charge in [-0.1, -0.05) is 0 Å². The summed E-state index contributed by atoms with van der Waals surface area (Å²) in [5.41, 5.74) is 0.865. The highest BCUT2D eigenvalue weighted by atomic mass is 16.5. The number of carbonyl (C=O) groups excluding carboxylic acids is 3. The molecule has 0 aromatic heterocycles. The molecule has 0 fully saturated rings. The Hall–Kier alpha value is -2.25. The van der Waals surface area contributed by atoms with E-state index in [9.17, 15) is 14.4 Å². The van der Waals surface area contributed by atoms with E-state index in [1.807, 2.05) is 0 Å². The first-order valence-corrected chi connectivity index (χ1v) is 6.49. The number of aliphatic hydroxyl groups excluding tert-OH is 1. The summed E-state index contributed by atoms with van der Waals surface area (Å²) in [5, 5.41) is 11.2. The van der Waals surface area contributed by atoms with E-state index in [0.29, 0.717) is 17.7 Å². The number of benzene rings is 1. The molecule has 0 saturated heterocycles. The molecular weight excluding hydrogens is 276 g/mol. The largest absolute Gasteiger partial charge is 0.394 e. The van der Waals surface area contributed by atoms with Gasteiger partial charge in [-0.2, -0.15) is 0 Å². The van der Waals surface area contributed by atoms with E-state index in [1.54, 1.807) is 0 Å². The lowest BCUT2D eigenvalue weighted by Gasteiger charge is -2.06. The van der Waals surface area contributed by atoms with Gasteiger partial charge >= 0.3 is 0 Å². The Bertz CT molecular complexity index is 585. The normalized spacial score (nSPS) is 13.5. The lowest BCUT2D eigenvalue weighted by atomic mass is 10.1. The molecule has 21 heavy (non-hydrogen) atoms. The summed E-state index contributed by atoms with van der Waals surface area (Å²) in [6, 6.07) is 4.41. The van der Waals surface area contributed by atoms with Gasteiger partial charge in [-0.25, -0.2) is 0 Å². The number of amides is 3. The molecular formula is C14H16N2O5. The molecule has 2 N–H and O–H groups in total. The minimum Gasteiger partial charge on any atom is -0.394 e. The molecule has 112 valence electrons. The van der Waals surface area contributed by atoms with Gasteiger partial charge in [-0.15, -0.1) is 0 Å². The SMILES string of the molecule is CN1C(=O)c2ccc(C(=O)NCCOCCO)cc2C1=O. The van der Waals surface area contributed by atoms with E-state index >= 15 is 0 Å². The van der Waals surface area contributed by atoms with Crippen LogP contribution in [0.15, 0.2) is 18.2 Å². The minimum absolute atomic E-state index is 0.0670. The van der Waals surface area contributed by atoms with Crippen LogP contribution in [-0.2, 0) is 4.74 Å². The van der Waals surface area contributed by atoms with Crippen LogP contribution in [-0.4, -0.2) is 61.1 Å². The molecule has 0 bridgehead atoms. The van der Waals surface area contributed by atoms with Crippen molar-refractivity contribution in [2.75, 3.05) is 33.4 Å². The van der Waals surface area contributed by atoms with E-state index in [1.165, 1.54) is 25.2 Å². The third-order valence-electron chi connectivity index (χ3n) is 3.12. The molecule has 7 heteroatoms. The fourth-order valence-corrected chi connectivity index (χ4v) is 2.01. The zero-order valence-corrected chi connectivity index (χ0v) is 11.6. The Labute approximate surface area is 121 Å². The lowest BCUT2D eigenvalue weighted by Crippen LogP contribution is -2.27. The Kier molecular flexibility index (Phi) is 4.66. The van der Waals surface area contributed by atoms with Crippen LogP contribution in [0, 0.1) is 0 Å². The predicted molar refractivity (Wildman–Crippen MR) is 73.1 cm³/mol. The second kappa shape index (κ2) is 6.47. The van der Waals surface area contributed by atoms with Crippen molar-refractivity contribution >= 4 is 17.7 Å². The van der Waals surface area contributed by atoms with Crippen LogP contribution in [0.3, 0.4) is 0 Å². The van der Waals surface area contributed by atoms with E-state index in [-0.39, 0.29) is 37.2 Å². The van der Waals surface area contributed by atoms with Crippen molar-refractivity contribution in [1.29, 1.82) is 0 Å². The van der Waals surface area contributed by atoms with Crippen LogP contribution >= 0.6 is 0 Å². The summed E-state index contributed by atoms with van der Waals surface area (Å²) in [5.74, 6) is -1.12. The number of rotatable bonds is 6. The first kappa shape index (κ1) is 15.1. The molecule has 1 heterocycles. The number of ether oxygens (including phenoxy) is 1. The third kappa shape index (κ3) is 3.09. The minimum atomic E-state index is -0.407. The molecule has 7 nitrogen and oxygen atoms in total. The zero-order chi connectivity index (χ0) is 15.4. The van der Waals surface area contributed by atoms with E-state index in [0.717, 1.165) is 4.90 Å². The molecule has 0 spiro atoms. The molecule has 0 saturated carbocycles. The van der Waals surface area contributed by atoms with Gasteiger partial charge in [0, 0.05) is 19.2 Å². The molecule has 3 amide bonds. The number of nitrogens with one attached hydrogen (secondary N) is 1. The summed E-state index contributed by atoms with van der Waals surface area (Å²) < 4.78 is 5.02. The highest BCUT2D eigenvalue weighted by Gasteiger charge is 2.33. The first-order valence-electron chi connectivity index (χ1n) is 6.49. The Morgan fingerprint density at radius 1 is 1.24 bits per heavy atom. The van der Waals surface area contributed by atoms with Crippen LogP contribution < -0.4 is 5.32 Å². The molecule has 0 radical (unpaired) electrons. The van der Waals surface area contributed by atoms with Crippen molar-refractivity contribution in [3.8, 4) is 0 Å². The van der Waals surface area contributed by atoms with Crippen LogP contribution in [0.25, 0.3) is 0 Å². The van der Waals surface area contributed by atoms with Crippen molar-refractivity contribution in [2.45, 2.75) is 0 Å². The highest BCUT2D eigenvalue weighted by Crippen LogP contribution is 2.22. The lowest BCUT2D eigenvalue weighted by molar-refractivity contribution is 0.0693. The molecule has 1 aliphatic rings. The van der Waals surface area contributed by atoms with Crippen molar-refractivity contribution in [3.63, 3.8) is 0 Å². The van der Waals surface area contributed by atoms with Gasteiger partial charge in [-0.05, 0) is 18.2 Å². The van der Waals surface area contributed by atoms with Crippen molar-refractivity contribution in [2.24, 2.45) is 0 Å². The number of carbonyl (C=O) groups is 3. The second-order valence-corrected chi connectivity index (χ2v) is 4.52. The van der Waals surface area contributed by atoms with Crippen LogP contribution in [0.1, 0.15) is 31.1 Å². The van der Waals surface area contributed by atoms with Crippen molar-refractivity contribution in [1.82, 2.24) is 10.2 Å². The quantitative estimate of drug-likeness (QED) is 0.552. The number of hydrogen-bond donors (Lipinski definition) is 2. The van der Waals surface area contributed by atoms with Gasteiger partial charge in [0.15, 0.2) is 0 Å². The van der Waals surface area contributed by atoms with Gasteiger partial charge in [-0.3, -0.25) is 19.3 Å². The number of nitrogens with zero attached hydrogens (tertiary/aromatic N) is 1. The average Bonchev–Trinajstić information content (AvgIpc) is 2.71. The molecule has 0 atom stereocenters. The molecule has 1 aromatic rings. The maximum Gasteiger partial charge on any atom is 0.261 e. The first-order chi connectivity index (χ1) is 10.1. The maximum absolute atomic E-state index is 11.9. The molecule has 1 aliphatic heterocycles. The van der Waals surface area contributed by atoms with Gasteiger partial charge in [0.25, 0.3) is 17.7 Å². The van der Waals surface area contributed by atoms with Gasteiger partial charge in [0.1, 0.15) is 0 Å².